The van der Waals surface area contributed by atoms with Crippen LogP contribution in [0.5, 0.6) is 0 Å². The van der Waals surface area contributed by atoms with E-state index in [0.717, 1.165) is 18.7 Å². The quantitative estimate of drug-likeness (QED) is 0.925. The molecule has 0 fully saturated rings. The lowest BCUT2D eigenvalue weighted by Gasteiger charge is -2.21. The molecule has 1 unspecified atom stereocenters. The molecule has 0 bridgehead atoms. The van der Waals surface area contributed by atoms with Gasteiger partial charge in [-0.3, -0.25) is 4.90 Å². The summed E-state index contributed by atoms with van der Waals surface area (Å²) in [5.41, 5.74) is 4.03. The first-order chi connectivity index (χ1) is 9.65. The van der Waals surface area contributed by atoms with E-state index in [1.807, 2.05) is 30.3 Å². The van der Waals surface area contributed by atoms with Gasteiger partial charge in [0.05, 0.1) is 5.56 Å². The molecule has 102 valence electrons. The highest BCUT2D eigenvalue weighted by Crippen LogP contribution is 2.34. The number of carboxylic acids is 1. The van der Waals surface area contributed by atoms with Crippen molar-refractivity contribution in [1.82, 2.24) is 4.90 Å². The van der Waals surface area contributed by atoms with Crippen LogP contribution in [0.25, 0.3) is 0 Å². The number of rotatable bonds is 3. The Morgan fingerprint density at radius 1 is 1.25 bits per heavy atom. The maximum absolute atomic E-state index is 11.1. The van der Waals surface area contributed by atoms with Crippen molar-refractivity contribution >= 4 is 5.97 Å². The Morgan fingerprint density at radius 3 is 2.70 bits per heavy atom. The van der Waals surface area contributed by atoms with Crippen molar-refractivity contribution in [1.29, 1.82) is 0 Å². The molecule has 1 aliphatic heterocycles. The molecule has 0 saturated heterocycles. The second kappa shape index (κ2) is 5.10. The number of nitrogens with zero attached hydrogens (tertiary/aromatic N) is 1. The van der Waals surface area contributed by atoms with Crippen molar-refractivity contribution in [2.45, 2.75) is 26.1 Å². The summed E-state index contributed by atoms with van der Waals surface area (Å²) in [7, 11) is 0. The minimum atomic E-state index is -0.860. The molecule has 0 amide bonds. The fraction of sp³-hybridized carbons (Fsp3) is 0.235. The fourth-order valence-electron chi connectivity index (χ4n) is 2.82. The predicted molar refractivity (Wildman–Crippen MR) is 77.5 cm³/mol. The SMILES string of the molecule is CC1c2cc(C(=O)O)ccc2CN1Cc1ccccc1. The van der Waals surface area contributed by atoms with E-state index in [0.29, 0.717) is 5.56 Å². The summed E-state index contributed by atoms with van der Waals surface area (Å²) in [4.78, 5) is 13.4. The lowest BCUT2D eigenvalue weighted by Crippen LogP contribution is -2.19. The van der Waals surface area contributed by atoms with E-state index < -0.39 is 5.97 Å². The van der Waals surface area contributed by atoms with Gasteiger partial charge in [-0.05, 0) is 35.7 Å². The van der Waals surface area contributed by atoms with Gasteiger partial charge < -0.3 is 5.11 Å². The Balaban J connectivity index is 1.83. The molecular formula is C17H17NO2. The Kier molecular flexibility index (Phi) is 3.28. The second-order valence-corrected chi connectivity index (χ2v) is 5.29. The molecule has 0 aromatic heterocycles. The summed E-state index contributed by atoms with van der Waals surface area (Å²) < 4.78 is 0. The molecule has 1 N–H and O–H groups in total. The van der Waals surface area contributed by atoms with Gasteiger partial charge in [0.2, 0.25) is 0 Å². The van der Waals surface area contributed by atoms with Gasteiger partial charge in [0, 0.05) is 19.1 Å². The fourth-order valence-corrected chi connectivity index (χ4v) is 2.82. The summed E-state index contributed by atoms with van der Waals surface area (Å²) in [6.45, 7) is 3.91. The molecule has 0 saturated carbocycles. The number of aromatic carboxylic acids is 1. The minimum Gasteiger partial charge on any atom is -0.478 e. The summed E-state index contributed by atoms with van der Waals surface area (Å²) in [5, 5.41) is 9.09. The van der Waals surface area contributed by atoms with E-state index in [1.54, 1.807) is 6.07 Å². The van der Waals surface area contributed by atoms with Crippen molar-refractivity contribution < 1.29 is 9.90 Å². The van der Waals surface area contributed by atoms with Crippen LogP contribution in [0.3, 0.4) is 0 Å². The molecule has 0 aliphatic carbocycles. The lowest BCUT2D eigenvalue weighted by atomic mass is 10.0. The molecule has 20 heavy (non-hydrogen) atoms. The molecule has 3 heteroatoms. The van der Waals surface area contributed by atoms with Crippen LogP contribution in [0.4, 0.5) is 0 Å². The summed E-state index contributed by atoms with van der Waals surface area (Å²) >= 11 is 0. The van der Waals surface area contributed by atoms with E-state index in [-0.39, 0.29) is 6.04 Å². The number of benzene rings is 2. The van der Waals surface area contributed by atoms with Gasteiger partial charge in [-0.2, -0.15) is 0 Å². The predicted octanol–water partition coefficient (Wildman–Crippen LogP) is 3.46. The zero-order valence-electron chi connectivity index (χ0n) is 11.4. The van der Waals surface area contributed by atoms with Crippen LogP contribution in [0.15, 0.2) is 48.5 Å². The monoisotopic (exact) mass is 267 g/mol. The average Bonchev–Trinajstić information content (AvgIpc) is 2.76. The molecular weight excluding hydrogens is 250 g/mol. The van der Waals surface area contributed by atoms with Crippen molar-refractivity contribution in [3.63, 3.8) is 0 Å². The summed E-state index contributed by atoms with van der Waals surface area (Å²) in [6.07, 6.45) is 0. The van der Waals surface area contributed by atoms with Gasteiger partial charge in [0.15, 0.2) is 0 Å². The first kappa shape index (κ1) is 12.9. The lowest BCUT2D eigenvalue weighted by molar-refractivity contribution is 0.0696. The normalized spacial score (nSPS) is 17.9. The second-order valence-electron chi connectivity index (χ2n) is 5.29. The molecule has 1 atom stereocenters. The number of fused-ring (bicyclic) bond motifs is 1. The highest BCUT2D eigenvalue weighted by Gasteiger charge is 2.27. The summed E-state index contributed by atoms with van der Waals surface area (Å²) in [6, 6.07) is 16.1. The third-order valence-electron chi connectivity index (χ3n) is 3.99. The van der Waals surface area contributed by atoms with E-state index in [2.05, 4.69) is 24.0 Å². The van der Waals surface area contributed by atoms with Crippen molar-refractivity contribution in [3.05, 3.63) is 70.8 Å². The Labute approximate surface area is 118 Å². The Hall–Kier alpha value is -2.13. The molecule has 0 radical (unpaired) electrons. The van der Waals surface area contributed by atoms with Gasteiger partial charge >= 0.3 is 5.97 Å². The van der Waals surface area contributed by atoms with Crippen molar-refractivity contribution in [2.24, 2.45) is 0 Å². The third-order valence-corrected chi connectivity index (χ3v) is 3.99. The molecule has 0 spiro atoms. The van der Waals surface area contributed by atoms with Crippen LogP contribution in [-0.4, -0.2) is 16.0 Å². The Bertz CT molecular complexity index is 637. The standard InChI is InChI=1S/C17H17NO2/c1-12-16-9-14(17(19)20)7-8-15(16)11-18(12)10-13-5-3-2-4-6-13/h2-9,12H,10-11H2,1H3,(H,19,20). The van der Waals surface area contributed by atoms with Gasteiger partial charge in [0.25, 0.3) is 0 Å². The van der Waals surface area contributed by atoms with E-state index in [1.165, 1.54) is 11.1 Å². The van der Waals surface area contributed by atoms with Crippen LogP contribution < -0.4 is 0 Å². The highest BCUT2D eigenvalue weighted by molar-refractivity contribution is 5.88. The first-order valence-corrected chi connectivity index (χ1v) is 6.79. The average molecular weight is 267 g/mol. The molecule has 3 rings (SSSR count). The zero-order valence-corrected chi connectivity index (χ0v) is 11.4. The zero-order chi connectivity index (χ0) is 14.1. The molecule has 2 aromatic carbocycles. The van der Waals surface area contributed by atoms with Gasteiger partial charge in [0.1, 0.15) is 0 Å². The van der Waals surface area contributed by atoms with Crippen LogP contribution in [-0.2, 0) is 13.1 Å². The van der Waals surface area contributed by atoms with E-state index in [4.69, 9.17) is 5.11 Å². The van der Waals surface area contributed by atoms with Crippen LogP contribution in [0.2, 0.25) is 0 Å². The Morgan fingerprint density at radius 2 is 2.00 bits per heavy atom. The maximum atomic E-state index is 11.1. The molecule has 2 aromatic rings. The molecule has 3 nitrogen and oxygen atoms in total. The van der Waals surface area contributed by atoms with Gasteiger partial charge in [-0.25, -0.2) is 4.79 Å². The van der Waals surface area contributed by atoms with Crippen LogP contribution in [0.1, 0.15) is 40.0 Å². The maximum Gasteiger partial charge on any atom is 0.335 e. The molecule has 1 heterocycles. The molecule has 1 aliphatic rings. The number of hydrogen-bond acceptors (Lipinski definition) is 2. The van der Waals surface area contributed by atoms with Crippen molar-refractivity contribution in [2.75, 3.05) is 0 Å². The minimum absolute atomic E-state index is 0.254. The van der Waals surface area contributed by atoms with Gasteiger partial charge in [-0.15, -0.1) is 0 Å². The number of carboxylic acid groups (broad SMARTS) is 1. The van der Waals surface area contributed by atoms with Crippen molar-refractivity contribution in [3.8, 4) is 0 Å². The van der Waals surface area contributed by atoms with E-state index in [9.17, 15) is 4.79 Å². The largest absolute Gasteiger partial charge is 0.478 e. The number of carbonyl (C=O) groups is 1. The summed E-state index contributed by atoms with van der Waals surface area (Å²) in [5.74, 6) is -0.860. The van der Waals surface area contributed by atoms with E-state index >= 15 is 0 Å². The van der Waals surface area contributed by atoms with Crippen LogP contribution in [0, 0.1) is 0 Å². The topological polar surface area (TPSA) is 40.5 Å². The first-order valence-electron chi connectivity index (χ1n) is 6.79. The third kappa shape index (κ3) is 2.32. The number of hydrogen-bond donors (Lipinski definition) is 1. The smallest absolute Gasteiger partial charge is 0.335 e. The van der Waals surface area contributed by atoms with Gasteiger partial charge in [-0.1, -0.05) is 36.4 Å². The van der Waals surface area contributed by atoms with Crippen LogP contribution >= 0.6 is 0 Å². The highest BCUT2D eigenvalue weighted by atomic mass is 16.4.